The molecule has 19 heavy (non-hydrogen) atoms. The average Bonchev–Trinajstić information content (AvgIpc) is 2.41. The molecule has 3 atom stereocenters. The summed E-state index contributed by atoms with van der Waals surface area (Å²) in [6.45, 7) is 8.46. The molecule has 0 aromatic heterocycles. The zero-order valence-corrected chi connectivity index (χ0v) is 12.3. The lowest BCUT2D eigenvalue weighted by Gasteiger charge is -2.14. The molecule has 0 spiro atoms. The summed E-state index contributed by atoms with van der Waals surface area (Å²) < 4.78 is 9.86. The number of esters is 2. The molecular weight excluding hydrogens is 248 g/mol. The van der Waals surface area contributed by atoms with Crippen LogP contribution in [-0.4, -0.2) is 36.4 Å². The molecule has 0 fully saturated rings. The minimum atomic E-state index is -1.44. The molecule has 0 aliphatic rings. The highest BCUT2D eigenvalue weighted by Crippen LogP contribution is 2.06. The molecule has 0 rings (SSSR count). The molecule has 0 saturated heterocycles. The van der Waals surface area contributed by atoms with Crippen LogP contribution < -0.4 is 0 Å². The number of hydrogen-bond donors (Lipinski definition) is 1. The fourth-order valence-electron chi connectivity index (χ4n) is 1.09. The van der Waals surface area contributed by atoms with E-state index < -0.39 is 18.0 Å². The Labute approximate surface area is 115 Å². The van der Waals surface area contributed by atoms with E-state index in [1.807, 2.05) is 27.7 Å². The van der Waals surface area contributed by atoms with Crippen LogP contribution in [0.15, 0.2) is 0 Å². The summed E-state index contributed by atoms with van der Waals surface area (Å²) in [5.74, 6) is -0.818. The van der Waals surface area contributed by atoms with Crippen molar-refractivity contribution >= 4 is 11.9 Å². The highest BCUT2D eigenvalue weighted by molar-refractivity contribution is 5.81. The molecular formula is C14H26O5. The number of rotatable bonds is 9. The van der Waals surface area contributed by atoms with Gasteiger partial charge in [0.05, 0.1) is 19.6 Å². The van der Waals surface area contributed by atoms with Crippen LogP contribution in [0.1, 0.15) is 47.0 Å². The van der Waals surface area contributed by atoms with Crippen LogP contribution in [-0.2, 0) is 19.1 Å². The quantitative estimate of drug-likeness (QED) is 0.650. The van der Waals surface area contributed by atoms with Crippen molar-refractivity contribution in [1.82, 2.24) is 0 Å². The van der Waals surface area contributed by atoms with E-state index in [-0.39, 0.29) is 24.9 Å². The Morgan fingerprint density at radius 1 is 1.00 bits per heavy atom. The Morgan fingerprint density at radius 3 is 1.95 bits per heavy atom. The van der Waals surface area contributed by atoms with Crippen molar-refractivity contribution in [2.45, 2.75) is 53.1 Å². The Bertz CT molecular complexity index is 277. The molecule has 112 valence electrons. The second kappa shape index (κ2) is 9.78. The van der Waals surface area contributed by atoms with Gasteiger partial charge in [-0.25, -0.2) is 4.79 Å². The number of aliphatic hydroxyl groups is 1. The van der Waals surface area contributed by atoms with Gasteiger partial charge in [-0.1, -0.05) is 40.5 Å². The molecule has 1 N–H and O–H groups in total. The Morgan fingerprint density at radius 2 is 1.47 bits per heavy atom. The predicted molar refractivity (Wildman–Crippen MR) is 71.5 cm³/mol. The van der Waals surface area contributed by atoms with Crippen LogP contribution in [0.25, 0.3) is 0 Å². The average molecular weight is 274 g/mol. The third kappa shape index (κ3) is 8.59. The normalized spacial score (nSPS) is 15.4. The van der Waals surface area contributed by atoms with Crippen LogP contribution in [0.2, 0.25) is 0 Å². The van der Waals surface area contributed by atoms with Gasteiger partial charge in [-0.05, 0) is 11.8 Å². The van der Waals surface area contributed by atoms with Gasteiger partial charge in [-0.15, -0.1) is 0 Å². The van der Waals surface area contributed by atoms with Crippen molar-refractivity contribution in [2.24, 2.45) is 11.8 Å². The van der Waals surface area contributed by atoms with Crippen LogP contribution >= 0.6 is 0 Å². The second-order valence-corrected chi connectivity index (χ2v) is 5.06. The molecule has 3 unspecified atom stereocenters. The maximum Gasteiger partial charge on any atom is 0.335 e. The molecule has 0 heterocycles. The third-order valence-electron chi connectivity index (χ3n) is 3.06. The summed E-state index contributed by atoms with van der Waals surface area (Å²) in [6.07, 6.45) is 0.0107. The molecule has 5 heteroatoms. The van der Waals surface area contributed by atoms with Crippen molar-refractivity contribution in [3.63, 3.8) is 0 Å². The summed E-state index contributed by atoms with van der Waals surface area (Å²) >= 11 is 0. The van der Waals surface area contributed by atoms with Gasteiger partial charge in [-0.3, -0.25) is 4.79 Å². The van der Waals surface area contributed by atoms with Gasteiger partial charge in [0.25, 0.3) is 0 Å². The van der Waals surface area contributed by atoms with Crippen LogP contribution in [0, 0.1) is 11.8 Å². The smallest absolute Gasteiger partial charge is 0.335 e. The Kier molecular flexibility index (Phi) is 9.21. The molecule has 0 aromatic rings. The Hall–Kier alpha value is -1.10. The first-order valence-electron chi connectivity index (χ1n) is 6.90. The molecule has 0 saturated carbocycles. The summed E-state index contributed by atoms with van der Waals surface area (Å²) in [5.41, 5.74) is 0. The first-order chi connectivity index (χ1) is 8.90. The van der Waals surface area contributed by atoms with Gasteiger partial charge in [-0.2, -0.15) is 0 Å². The molecule has 5 nitrogen and oxygen atoms in total. The van der Waals surface area contributed by atoms with E-state index in [1.165, 1.54) is 0 Å². The van der Waals surface area contributed by atoms with Crippen LogP contribution in [0.3, 0.4) is 0 Å². The van der Waals surface area contributed by atoms with Crippen molar-refractivity contribution in [3.8, 4) is 0 Å². The molecule has 0 radical (unpaired) electrons. The standard InChI is InChI=1S/C14H26O5/c1-5-10(3)8-18-13(16)7-12(15)14(17)19-9-11(4)6-2/h10-12,15H,5-9H2,1-4H3. The van der Waals surface area contributed by atoms with E-state index in [2.05, 4.69) is 0 Å². The SMILES string of the molecule is CCC(C)COC(=O)CC(O)C(=O)OCC(C)CC. The van der Waals surface area contributed by atoms with E-state index in [0.29, 0.717) is 6.61 Å². The Balaban J connectivity index is 3.91. The lowest BCUT2D eigenvalue weighted by Crippen LogP contribution is -2.28. The van der Waals surface area contributed by atoms with Gasteiger partial charge in [0.2, 0.25) is 0 Å². The molecule has 0 aromatic carbocycles. The van der Waals surface area contributed by atoms with Crippen LogP contribution in [0.5, 0.6) is 0 Å². The van der Waals surface area contributed by atoms with E-state index >= 15 is 0 Å². The maximum atomic E-state index is 11.4. The minimum absolute atomic E-state index is 0.244. The highest BCUT2D eigenvalue weighted by Gasteiger charge is 2.22. The van der Waals surface area contributed by atoms with Gasteiger partial charge in [0, 0.05) is 0 Å². The van der Waals surface area contributed by atoms with Crippen molar-refractivity contribution in [3.05, 3.63) is 0 Å². The van der Waals surface area contributed by atoms with Crippen molar-refractivity contribution in [1.29, 1.82) is 0 Å². The first-order valence-corrected chi connectivity index (χ1v) is 6.90. The first kappa shape index (κ1) is 17.9. The predicted octanol–water partition coefficient (Wildman–Crippen LogP) is 1.92. The fraction of sp³-hybridized carbons (Fsp3) is 0.857. The van der Waals surface area contributed by atoms with Gasteiger partial charge < -0.3 is 14.6 Å². The van der Waals surface area contributed by atoms with Crippen molar-refractivity contribution in [2.75, 3.05) is 13.2 Å². The number of carbonyl (C=O) groups excluding carboxylic acids is 2. The second-order valence-electron chi connectivity index (χ2n) is 5.06. The fourth-order valence-corrected chi connectivity index (χ4v) is 1.09. The lowest BCUT2D eigenvalue weighted by atomic mass is 10.1. The lowest BCUT2D eigenvalue weighted by molar-refractivity contribution is -0.161. The van der Waals surface area contributed by atoms with E-state index in [1.54, 1.807) is 0 Å². The third-order valence-corrected chi connectivity index (χ3v) is 3.06. The van der Waals surface area contributed by atoms with E-state index in [9.17, 15) is 14.7 Å². The maximum absolute atomic E-state index is 11.4. The largest absolute Gasteiger partial charge is 0.465 e. The summed E-state index contributed by atoms with van der Waals surface area (Å²) in [7, 11) is 0. The molecule has 0 bridgehead atoms. The summed E-state index contributed by atoms with van der Waals surface area (Å²) in [5, 5.41) is 9.52. The van der Waals surface area contributed by atoms with E-state index in [0.717, 1.165) is 12.8 Å². The van der Waals surface area contributed by atoms with Gasteiger partial charge in [0.1, 0.15) is 0 Å². The van der Waals surface area contributed by atoms with Crippen LogP contribution in [0.4, 0.5) is 0 Å². The molecule has 0 aliphatic carbocycles. The minimum Gasteiger partial charge on any atom is -0.465 e. The number of carbonyl (C=O) groups is 2. The monoisotopic (exact) mass is 274 g/mol. The number of aliphatic hydroxyl groups excluding tert-OH is 1. The molecule has 0 aliphatic heterocycles. The van der Waals surface area contributed by atoms with Crippen molar-refractivity contribution < 1.29 is 24.2 Å². The van der Waals surface area contributed by atoms with Gasteiger partial charge >= 0.3 is 11.9 Å². The van der Waals surface area contributed by atoms with Gasteiger partial charge in [0.15, 0.2) is 6.10 Å². The topological polar surface area (TPSA) is 72.8 Å². The zero-order chi connectivity index (χ0) is 14.8. The zero-order valence-electron chi connectivity index (χ0n) is 12.3. The summed E-state index contributed by atoms with van der Waals surface area (Å²) in [4.78, 5) is 22.8. The number of hydrogen-bond acceptors (Lipinski definition) is 5. The molecule has 0 amide bonds. The summed E-state index contributed by atoms with van der Waals surface area (Å²) in [6, 6.07) is 0. The highest BCUT2D eigenvalue weighted by atomic mass is 16.6. The van der Waals surface area contributed by atoms with E-state index in [4.69, 9.17) is 9.47 Å². The number of ether oxygens (including phenoxy) is 2.